The zero-order valence-corrected chi connectivity index (χ0v) is 22.4. The first-order valence-electron chi connectivity index (χ1n) is 13.4. The molecule has 2 saturated heterocycles. The van der Waals surface area contributed by atoms with Crippen molar-refractivity contribution in [3.05, 3.63) is 70.8 Å². The smallest absolute Gasteiger partial charge is 0.254 e. The fraction of sp³-hybridized carbons (Fsp3) is 0.533. The molecule has 0 saturated carbocycles. The van der Waals surface area contributed by atoms with Crippen molar-refractivity contribution >= 4 is 11.8 Å². The molecule has 2 aromatic carbocycles. The Kier molecular flexibility index (Phi) is 8.81. The second-order valence-corrected chi connectivity index (χ2v) is 11.0. The number of rotatable bonds is 10. The molecule has 2 aromatic rings. The maximum atomic E-state index is 13.3. The summed E-state index contributed by atoms with van der Waals surface area (Å²) in [4.78, 5) is 32.6. The van der Waals surface area contributed by atoms with Crippen molar-refractivity contribution in [1.29, 1.82) is 0 Å². The van der Waals surface area contributed by atoms with Crippen molar-refractivity contribution in [2.45, 2.75) is 39.2 Å². The third-order valence-corrected chi connectivity index (χ3v) is 7.82. The number of likely N-dealkylation sites (tertiary alicyclic amines) is 2. The van der Waals surface area contributed by atoms with E-state index >= 15 is 0 Å². The van der Waals surface area contributed by atoms with Crippen LogP contribution in [0.5, 0.6) is 0 Å². The SMILES string of the molecule is Cc1cccc(C)c1C(=O)N1CC2CN(CC[C@H](NC(=O)CCCN(C)C)c3ccccc3)CC2C1. The number of hydrogen-bond donors (Lipinski definition) is 1. The summed E-state index contributed by atoms with van der Waals surface area (Å²) in [6, 6.07) is 16.4. The number of fused-ring (bicyclic) bond motifs is 1. The molecule has 36 heavy (non-hydrogen) atoms. The van der Waals surface area contributed by atoms with Gasteiger partial charge in [-0.2, -0.15) is 0 Å². The molecule has 1 N–H and O–H groups in total. The highest BCUT2D eigenvalue weighted by Crippen LogP contribution is 2.33. The van der Waals surface area contributed by atoms with E-state index in [1.54, 1.807) is 0 Å². The molecule has 2 fully saturated rings. The Hall–Kier alpha value is -2.70. The van der Waals surface area contributed by atoms with E-state index in [-0.39, 0.29) is 17.9 Å². The maximum Gasteiger partial charge on any atom is 0.254 e. The molecule has 0 aliphatic carbocycles. The lowest BCUT2D eigenvalue weighted by Gasteiger charge is -2.25. The average Bonchev–Trinajstić information content (AvgIpc) is 3.41. The molecule has 2 aliphatic heterocycles. The third-order valence-electron chi connectivity index (χ3n) is 7.82. The van der Waals surface area contributed by atoms with E-state index in [9.17, 15) is 9.59 Å². The van der Waals surface area contributed by atoms with Gasteiger partial charge in [-0.05, 0) is 75.9 Å². The second-order valence-electron chi connectivity index (χ2n) is 11.0. The van der Waals surface area contributed by atoms with Gasteiger partial charge in [-0.3, -0.25) is 9.59 Å². The molecule has 3 atom stereocenters. The molecule has 0 spiro atoms. The van der Waals surface area contributed by atoms with Crippen molar-refractivity contribution in [3.8, 4) is 0 Å². The molecule has 6 nitrogen and oxygen atoms in total. The lowest BCUT2D eigenvalue weighted by Crippen LogP contribution is -2.35. The van der Waals surface area contributed by atoms with Gasteiger partial charge in [-0.1, -0.05) is 48.5 Å². The summed E-state index contributed by atoms with van der Waals surface area (Å²) in [6.45, 7) is 9.68. The molecule has 2 unspecified atom stereocenters. The van der Waals surface area contributed by atoms with Crippen molar-refractivity contribution in [2.75, 3.05) is 53.4 Å². The normalized spacial score (nSPS) is 20.5. The zero-order chi connectivity index (χ0) is 25.7. The molecule has 2 aliphatic rings. The van der Waals surface area contributed by atoms with E-state index in [4.69, 9.17) is 0 Å². The van der Waals surface area contributed by atoms with Gasteiger partial charge in [0.05, 0.1) is 6.04 Å². The predicted molar refractivity (Wildman–Crippen MR) is 145 cm³/mol. The van der Waals surface area contributed by atoms with Gasteiger partial charge in [-0.25, -0.2) is 0 Å². The first kappa shape index (κ1) is 26.4. The van der Waals surface area contributed by atoms with Gasteiger partial charge in [0.25, 0.3) is 5.91 Å². The number of benzene rings is 2. The summed E-state index contributed by atoms with van der Waals surface area (Å²) in [5, 5.41) is 3.30. The van der Waals surface area contributed by atoms with Crippen LogP contribution in [-0.2, 0) is 4.79 Å². The van der Waals surface area contributed by atoms with Crippen LogP contribution in [0.15, 0.2) is 48.5 Å². The standard InChI is InChI=1S/C30H42N4O2/c1-22-10-8-11-23(2)29(22)30(36)34-20-25-18-33(19-26(25)21-34)17-15-27(24-12-6-5-7-13-24)31-28(35)14-9-16-32(3)4/h5-8,10-13,25-27H,9,14-21H2,1-4H3,(H,31,35)/t25?,26?,27-/m0/s1. The largest absolute Gasteiger partial charge is 0.349 e. The highest BCUT2D eigenvalue weighted by Gasteiger charge is 2.42. The van der Waals surface area contributed by atoms with Crippen molar-refractivity contribution < 1.29 is 9.59 Å². The summed E-state index contributed by atoms with van der Waals surface area (Å²) in [5.41, 5.74) is 4.17. The van der Waals surface area contributed by atoms with Gasteiger partial charge in [0.1, 0.15) is 0 Å². The first-order valence-corrected chi connectivity index (χ1v) is 13.4. The van der Waals surface area contributed by atoms with E-state index in [1.165, 1.54) is 5.56 Å². The number of carbonyl (C=O) groups excluding carboxylic acids is 2. The number of aryl methyl sites for hydroxylation is 2. The number of nitrogens with one attached hydrogen (secondary N) is 1. The lowest BCUT2D eigenvalue weighted by molar-refractivity contribution is -0.122. The molecule has 0 bridgehead atoms. The van der Waals surface area contributed by atoms with Gasteiger partial charge in [-0.15, -0.1) is 0 Å². The molecule has 194 valence electrons. The molecule has 2 amide bonds. The van der Waals surface area contributed by atoms with E-state index in [0.717, 1.165) is 68.8 Å². The molecule has 6 heteroatoms. The Morgan fingerprint density at radius 2 is 1.58 bits per heavy atom. The second kappa shape index (κ2) is 12.0. The topological polar surface area (TPSA) is 55.9 Å². The highest BCUT2D eigenvalue weighted by atomic mass is 16.2. The molecular formula is C30H42N4O2. The fourth-order valence-corrected chi connectivity index (χ4v) is 5.89. The highest BCUT2D eigenvalue weighted by molar-refractivity contribution is 5.97. The molecular weight excluding hydrogens is 448 g/mol. The monoisotopic (exact) mass is 490 g/mol. The summed E-state index contributed by atoms with van der Waals surface area (Å²) in [7, 11) is 4.07. The number of hydrogen-bond acceptors (Lipinski definition) is 4. The molecule has 4 rings (SSSR count). The van der Waals surface area contributed by atoms with E-state index in [2.05, 4.69) is 32.1 Å². The van der Waals surface area contributed by atoms with E-state index < -0.39 is 0 Å². The van der Waals surface area contributed by atoms with Crippen LogP contribution in [0.2, 0.25) is 0 Å². The summed E-state index contributed by atoms with van der Waals surface area (Å²) >= 11 is 0. The number of nitrogens with zero attached hydrogens (tertiary/aromatic N) is 3. The number of amides is 2. The minimum absolute atomic E-state index is 0.0283. The van der Waals surface area contributed by atoms with Gasteiger partial charge in [0.15, 0.2) is 0 Å². The summed E-state index contributed by atoms with van der Waals surface area (Å²) in [6.07, 6.45) is 2.32. The van der Waals surface area contributed by atoms with Crippen molar-refractivity contribution in [2.24, 2.45) is 11.8 Å². The van der Waals surface area contributed by atoms with Crippen LogP contribution in [0.25, 0.3) is 0 Å². The fourth-order valence-electron chi connectivity index (χ4n) is 5.89. The van der Waals surface area contributed by atoms with Crippen LogP contribution < -0.4 is 5.32 Å². The third kappa shape index (κ3) is 6.54. The molecule has 0 radical (unpaired) electrons. The Bertz CT molecular complexity index is 1000. The molecule has 0 aromatic heterocycles. The van der Waals surface area contributed by atoms with Gasteiger partial charge in [0, 0.05) is 44.7 Å². The van der Waals surface area contributed by atoms with Gasteiger partial charge in [0.2, 0.25) is 5.91 Å². The Morgan fingerprint density at radius 3 is 2.19 bits per heavy atom. The maximum absolute atomic E-state index is 13.3. The van der Waals surface area contributed by atoms with Crippen LogP contribution >= 0.6 is 0 Å². The van der Waals surface area contributed by atoms with Crippen LogP contribution in [0.4, 0.5) is 0 Å². The first-order chi connectivity index (χ1) is 17.3. The van der Waals surface area contributed by atoms with Gasteiger partial charge >= 0.3 is 0 Å². The van der Waals surface area contributed by atoms with Crippen LogP contribution in [-0.4, -0.2) is 79.9 Å². The Labute approximate surface area is 216 Å². The summed E-state index contributed by atoms with van der Waals surface area (Å²) in [5.74, 6) is 1.39. The average molecular weight is 491 g/mol. The molecule has 2 heterocycles. The minimum atomic E-state index is 0.0283. The quantitative estimate of drug-likeness (QED) is 0.549. The Balaban J connectivity index is 1.30. The summed E-state index contributed by atoms with van der Waals surface area (Å²) < 4.78 is 0. The number of carbonyl (C=O) groups is 2. The predicted octanol–water partition coefficient (Wildman–Crippen LogP) is 3.90. The van der Waals surface area contributed by atoms with Crippen molar-refractivity contribution in [3.63, 3.8) is 0 Å². The lowest BCUT2D eigenvalue weighted by atomic mass is 10.0. The zero-order valence-electron chi connectivity index (χ0n) is 22.4. The van der Waals surface area contributed by atoms with E-state index in [0.29, 0.717) is 18.3 Å². The van der Waals surface area contributed by atoms with Gasteiger partial charge < -0.3 is 20.0 Å². The van der Waals surface area contributed by atoms with Crippen LogP contribution in [0, 0.1) is 25.7 Å². The van der Waals surface area contributed by atoms with Crippen molar-refractivity contribution in [1.82, 2.24) is 20.0 Å². The minimum Gasteiger partial charge on any atom is -0.349 e. The van der Waals surface area contributed by atoms with Crippen LogP contribution in [0.1, 0.15) is 52.4 Å². The van der Waals surface area contributed by atoms with Crippen LogP contribution in [0.3, 0.4) is 0 Å². The van der Waals surface area contributed by atoms with E-state index in [1.807, 2.05) is 64.3 Å². The Morgan fingerprint density at radius 1 is 0.944 bits per heavy atom.